The van der Waals surface area contributed by atoms with Gasteiger partial charge in [0.2, 0.25) is 11.5 Å². The van der Waals surface area contributed by atoms with Gasteiger partial charge in [-0.3, -0.25) is 9.69 Å². The Bertz CT molecular complexity index is 1080. The number of benzene rings is 2. The Kier molecular flexibility index (Phi) is 6.51. The van der Waals surface area contributed by atoms with Crippen LogP contribution in [-0.2, 0) is 6.54 Å². The highest BCUT2D eigenvalue weighted by atomic mass is 16.5. The number of carbonyl (C=O) groups excluding carboxylic acids is 1. The molecule has 0 radical (unpaired) electrons. The number of likely N-dealkylation sites (tertiary alicyclic amines) is 1. The first-order valence-electron chi connectivity index (χ1n) is 11.2. The molecule has 0 bridgehead atoms. The van der Waals surface area contributed by atoms with Crippen LogP contribution in [0.3, 0.4) is 0 Å². The van der Waals surface area contributed by atoms with Crippen LogP contribution in [0.2, 0.25) is 0 Å². The molecule has 0 saturated carbocycles. The van der Waals surface area contributed by atoms with Crippen LogP contribution in [0.1, 0.15) is 53.2 Å². The van der Waals surface area contributed by atoms with Crippen LogP contribution in [0, 0.1) is 6.92 Å². The maximum atomic E-state index is 13.3. The molecular formula is C26H31NO6. The fourth-order valence-electron chi connectivity index (χ4n) is 4.66. The number of carbonyl (C=O) groups is 1. The van der Waals surface area contributed by atoms with Crippen LogP contribution < -0.4 is 18.9 Å². The minimum Gasteiger partial charge on any atom is -0.507 e. The van der Waals surface area contributed by atoms with Crippen LogP contribution in [0.25, 0.3) is 6.08 Å². The first-order chi connectivity index (χ1) is 15.9. The highest BCUT2D eigenvalue weighted by Crippen LogP contribution is 2.44. The Morgan fingerprint density at radius 2 is 1.82 bits per heavy atom. The lowest BCUT2D eigenvalue weighted by Gasteiger charge is -2.33. The van der Waals surface area contributed by atoms with E-state index in [1.165, 1.54) is 6.42 Å². The molecule has 0 aliphatic carbocycles. The molecule has 2 heterocycles. The van der Waals surface area contributed by atoms with E-state index >= 15 is 0 Å². The van der Waals surface area contributed by atoms with Gasteiger partial charge in [-0.1, -0.05) is 6.42 Å². The fraction of sp³-hybridized carbons (Fsp3) is 0.423. The van der Waals surface area contributed by atoms with Crippen molar-refractivity contribution in [2.24, 2.45) is 0 Å². The molecule has 7 nitrogen and oxygen atoms in total. The zero-order valence-corrected chi connectivity index (χ0v) is 19.9. The summed E-state index contributed by atoms with van der Waals surface area (Å²) in [6.07, 6.45) is 5.13. The highest BCUT2D eigenvalue weighted by molar-refractivity contribution is 6.16. The number of allylic oxidation sites excluding steroid dienone is 1. The van der Waals surface area contributed by atoms with Crippen molar-refractivity contribution in [3.8, 4) is 28.7 Å². The Morgan fingerprint density at radius 1 is 1.12 bits per heavy atom. The molecule has 2 aromatic rings. The maximum Gasteiger partial charge on any atom is 0.232 e. The molecule has 0 aromatic heterocycles. The van der Waals surface area contributed by atoms with Crippen molar-refractivity contribution in [3.63, 3.8) is 0 Å². The van der Waals surface area contributed by atoms with Gasteiger partial charge in [0.05, 0.1) is 32.5 Å². The standard InChI is InChI=1S/C26H31NO6/c1-15-10-19(28)18(14-27-9-7-6-8-16(27)2)25-23(15)24(29)20(33-25)11-17-12-21(30-3)26(32-5)22(13-17)31-4/h10-13,16,28H,6-9,14H2,1-5H3/b20-11-. The van der Waals surface area contributed by atoms with Gasteiger partial charge >= 0.3 is 0 Å². The van der Waals surface area contributed by atoms with Gasteiger partial charge in [-0.2, -0.15) is 0 Å². The van der Waals surface area contributed by atoms with Gasteiger partial charge in [-0.15, -0.1) is 0 Å². The summed E-state index contributed by atoms with van der Waals surface area (Å²) in [5.74, 6) is 2.05. The van der Waals surface area contributed by atoms with E-state index in [2.05, 4.69) is 11.8 Å². The number of rotatable bonds is 6. The van der Waals surface area contributed by atoms with E-state index in [9.17, 15) is 9.90 Å². The van der Waals surface area contributed by atoms with E-state index in [1.807, 2.05) is 6.92 Å². The molecule has 0 spiro atoms. The summed E-state index contributed by atoms with van der Waals surface area (Å²) >= 11 is 0. The SMILES string of the molecule is COc1cc(/C=C2\Oc3c(CN4CCCCC4C)c(O)cc(C)c3C2=O)cc(OC)c1OC. The van der Waals surface area contributed by atoms with Crippen LogP contribution in [0.4, 0.5) is 0 Å². The van der Waals surface area contributed by atoms with Gasteiger partial charge in [-0.25, -0.2) is 0 Å². The minimum absolute atomic E-state index is 0.158. The molecular weight excluding hydrogens is 422 g/mol. The van der Waals surface area contributed by atoms with Crippen molar-refractivity contribution in [3.05, 3.63) is 46.2 Å². The third-order valence-corrected chi connectivity index (χ3v) is 6.51. The van der Waals surface area contributed by atoms with Gasteiger partial charge in [0.15, 0.2) is 17.3 Å². The van der Waals surface area contributed by atoms with Crippen LogP contribution in [0.15, 0.2) is 24.0 Å². The van der Waals surface area contributed by atoms with Crippen LogP contribution >= 0.6 is 0 Å². The zero-order chi connectivity index (χ0) is 23.7. The Balaban J connectivity index is 1.73. The number of aryl methyl sites for hydroxylation is 1. The maximum absolute atomic E-state index is 13.3. The monoisotopic (exact) mass is 453 g/mol. The summed E-state index contributed by atoms with van der Waals surface area (Å²) in [6.45, 7) is 5.52. The molecule has 33 heavy (non-hydrogen) atoms. The molecule has 2 aliphatic heterocycles. The van der Waals surface area contributed by atoms with E-state index in [1.54, 1.807) is 45.6 Å². The number of phenols is 1. The lowest BCUT2D eigenvalue weighted by atomic mass is 9.97. The molecule has 1 N–H and O–H groups in total. The van der Waals surface area contributed by atoms with Gasteiger partial charge in [0, 0.05) is 12.6 Å². The van der Waals surface area contributed by atoms with Crippen molar-refractivity contribution in [1.82, 2.24) is 4.90 Å². The predicted molar refractivity (Wildman–Crippen MR) is 126 cm³/mol. The van der Waals surface area contributed by atoms with E-state index < -0.39 is 0 Å². The molecule has 2 aromatic carbocycles. The van der Waals surface area contributed by atoms with Crippen LogP contribution in [0.5, 0.6) is 28.7 Å². The lowest BCUT2D eigenvalue weighted by Crippen LogP contribution is -2.36. The molecule has 176 valence electrons. The van der Waals surface area contributed by atoms with Gasteiger partial charge in [0.25, 0.3) is 0 Å². The molecule has 1 unspecified atom stereocenters. The van der Waals surface area contributed by atoms with E-state index in [4.69, 9.17) is 18.9 Å². The topological polar surface area (TPSA) is 77.5 Å². The largest absolute Gasteiger partial charge is 0.507 e. The predicted octanol–water partition coefficient (Wildman–Crippen LogP) is 4.72. The summed E-state index contributed by atoms with van der Waals surface area (Å²) < 4.78 is 22.3. The molecule has 1 atom stereocenters. The average Bonchev–Trinajstić information content (AvgIpc) is 3.13. The van der Waals surface area contributed by atoms with Crippen LogP contribution in [-0.4, -0.2) is 49.7 Å². The number of nitrogens with zero attached hydrogens (tertiary/aromatic N) is 1. The first kappa shape index (κ1) is 23.0. The van der Waals surface area contributed by atoms with Gasteiger partial charge in [0.1, 0.15) is 11.5 Å². The number of ether oxygens (including phenoxy) is 4. The second-order valence-electron chi connectivity index (χ2n) is 8.61. The number of hydrogen-bond donors (Lipinski definition) is 1. The molecule has 1 fully saturated rings. The number of hydrogen-bond acceptors (Lipinski definition) is 7. The van der Waals surface area contributed by atoms with Gasteiger partial charge in [-0.05, 0) is 68.6 Å². The number of fused-ring (bicyclic) bond motifs is 1. The summed E-state index contributed by atoms with van der Waals surface area (Å²) in [6, 6.07) is 5.59. The van der Waals surface area contributed by atoms with E-state index in [0.29, 0.717) is 57.8 Å². The smallest absolute Gasteiger partial charge is 0.232 e. The number of aromatic hydroxyl groups is 1. The zero-order valence-electron chi connectivity index (χ0n) is 19.9. The summed E-state index contributed by atoms with van der Waals surface area (Å²) in [7, 11) is 4.63. The lowest BCUT2D eigenvalue weighted by molar-refractivity contribution is 0.101. The molecule has 4 rings (SSSR count). The normalized spacial score (nSPS) is 19.4. The third kappa shape index (κ3) is 4.25. The Hall–Kier alpha value is -3.19. The number of phenolic OH excluding ortho intramolecular Hbond substituents is 1. The molecule has 7 heteroatoms. The molecule has 0 amide bonds. The Morgan fingerprint density at radius 3 is 2.42 bits per heavy atom. The third-order valence-electron chi connectivity index (χ3n) is 6.51. The second-order valence-corrected chi connectivity index (χ2v) is 8.61. The number of Topliss-reactive ketones (excluding diaryl/α,β-unsaturated/α-hetero) is 1. The summed E-state index contributed by atoms with van der Waals surface area (Å²) in [4.78, 5) is 15.6. The van der Waals surface area contributed by atoms with Crippen molar-refractivity contribution >= 4 is 11.9 Å². The number of ketones is 1. The number of piperidine rings is 1. The van der Waals surface area contributed by atoms with E-state index in [-0.39, 0.29) is 17.3 Å². The Labute approximate surface area is 194 Å². The van der Waals surface area contributed by atoms with Crippen molar-refractivity contribution < 1.29 is 28.8 Å². The highest BCUT2D eigenvalue weighted by Gasteiger charge is 2.34. The summed E-state index contributed by atoms with van der Waals surface area (Å²) in [5.41, 5.74) is 2.53. The van der Waals surface area contributed by atoms with Crippen molar-refractivity contribution in [2.75, 3.05) is 27.9 Å². The van der Waals surface area contributed by atoms with Crippen molar-refractivity contribution in [2.45, 2.75) is 45.7 Å². The molecule has 2 aliphatic rings. The average molecular weight is 454 g/mol. The second kappa shape index (κ2) is 9.35. The molecule has 1 saturated heterocycles. The number of methoxy groups -OCH3 is 3. The quantitative estimate of drug-likeness (QED) is 0.634. The van der Waals surface area contributed by atoms with Gasteiger partial charge < -0.3 is 24.1 Å². The first-order valence-corrected chi connectivity index (χ1v) is 11.2. The van der Waals surface area contributed by atoms with Crippen molar-refractivity contribution in [1.29, 1.82) is 0 Å². The fourth-order valence-corrected chi connectivity index (χ4v) is 4.66. The summed E-state index contributed by atoms with van der Waals surface area (Å²) in [5, 5.41) is 10.7. The van der Waals surface area contributed by atoms with E-state index in [0.717, 1.165) is 19.4 Å². The minimum atomic E-state index is -0.204.